The van der Waals surface area contributed by atoms with Crippen LogP contribution in [0, 0.1) is 17.0 Å². The van der Waals surface area contributed by atoms with Crippen molar-refractivity contribution >= 4 is 17.4 Å². The van der Waals surface area contributed by atoms with Gasteiger partial charge in [0.2, 0.25) is 0 Å². The lowest BCUT2D eigenvalue weighted by molar-refractivity contribution is -0.388. The van der Waals surface area contributed by atoms with E-state index in [2.05, 4.69) is 5.10 Å². The summed E-state index contributed by atoms with van der Waals surface area (Å²) in [5.41, 5.74) is 1.81. The number of aryl methyl sites for hydroxylation is 1. The molecule has 0 aliphatic rings. The Morgan fingerprint density at radius 3 is 2.67 bits per heavy atom. The molecule has 0 atom stereocenters. The van der Waals surface area contributed by atoms with Gasteiger partial charge in [0.1, 0.15) is 5.69 Å². The average molecular weight is 263 g/mol. The SMILES string of the molecule is Cc1c([N+](=O)[O-])c(SCc2ccccc2)nn1C. The zero-order valence-corrected chi connectivity index (χ0v) is 11.0. The molecule has 0 saturated carbocycles. The maximum atomic E-state index is 11.0. The molecule has 18 heavy (non-hydrogen) atoms. The van der Waals surface area contributed by atoms with Crippen LogP contribution in [-0.2, 0) is 12.8 Å². The molecule has 0 radical (unpaired) electrons. The van der Waals surface area contributed by atoms with E-state index in [0.717, 1.165) is 5.56 Å². The monoisotopic (exact) mass is 263 g/mol. The highest BCUT2D eigenvalue weighted by Crippen LogP contribution is 2.32. The molecule has 1 aromatic carbocycles. The summed E-state index contributed by atoms with van der Waals surface area (Å²) in [4.78, 5) is 10.6. The summed E-state index contributed by atoms with van der Waals surface area (Å²) in [5.74, 6) is 0.679. The molecule has 1 aromatic heterocycles. The van der Waals surface area contributed by atoms with Crippen LogP contribution in [0.4, 0.5) is 5.69 Å². The number of nitro groups is 1. The second kappa shape index (κ2) is 5.22. The topological polar surface area (TPSA) is 61.0 Å². The van der Waals surface area contributed by atoms with E-state index in [0.29, 0.717) is 16.5 Å². The first kappa shape index (κ1) is 12.6. The van der Waals surface area contributed by atoms with Crippen LogP contribution in [0.2, 0.25) is 0 Å². The van der Waals surface area contributed by atoms with Gasteiger partial charge in [0.25, 0.3) is 0 Å². The Morgan fingerprint density at radius 1 is 1.39 bits per heavy atom. The smallest absolute Gasteiger partial charge is 0.265 e. The van der Waals surface area contributed by atoms with Crippen molar-refractivity contribution in [3.05, 3.63) is 51.7 Å². The summed E-state index contributed by atoms with van der Waals surface area (Å²) < 4.78 is 1.55. The molecule has 0 fully saturated rings. The van der Waals surface area contributed by atoms with E-state index in [1.165, 1.54) is 11.8 Å². The highest BCUT2D eigenvalue weighted by atomic mass is 32.2. The predicted molar refractivity (Wildman–Crippen MR) is 70.6 cm³/mol. The number of rotatable bonds is 4. The van der Waals surface area contributed by atoms with Crippen molar-refractivity contribution in [2.45, 2.75) is 17.7 Å². The minimum absolute atomic E-state index is 0.110. The molecule has 0 aliphatic carbocycles. The highest BCUT2D eigenvalue weighted by molar-refractivity contribution is 7.98. The minimum Gasteiger partial charge on any atom is -0.265 e. The van der Waals surface area contributed by atoms with E-state index in [9.17, 15) is 10.1 Å². The van der Waals surface area contributed by atoms with Gasteiger partial charge in [-0.05, 0) is 12.5 Å². The quantitative estimate of drug-likeness (QED) is 0.483. The Hall–Kier alpha value is -1.82. The highest BCUT2D eigenvalue weighted by Gasteiger charge is 2.23. The molecule has 1 heterocycles. The van der Waals surface area contributed by atoms with Gasteiger partial charge in [-0.25, -0.2) is 0 Å². The standard InChI is InChI=1S/C12H13N3O2S/c1-9-11(15(16)17)12(13-14(9)2)18-8-10-6-4-3-5-7-10/h3-7H,8H2,1-2H3. The van der Waals surface area contributed by atoms with Crippen molar-refractivity contribution in [3.8, 4) is 0 Å². The fourth-order valence-electron chi connectivity index (χ4n) is 1.60. The lowest BCUT2D eigenvalue weighted by atomic mass is 10.2. The van der Waals surface area contributed by atoms with Crippen LogP contribution in [0.25, 0.3) is 0 Å². The summed E-state index contributed by atoms with van der Waals surface area (Å²) in [7, 11) is 1.72. The lowest BCUT2D eigenvalue weighted by Gasteiger charge is -1.98. The summed E-state index contributed by atoms with van der Waals surface area (Å²) in [6.45, 7) is 1.71. The lowest BCUT2D eigenvalue weighted by Crippen LogP contribution is -1.94. The normalized spacial score (nSPS) is 10.6. The molecule has 0 bridgehead atoms. The van der Waals surface area contributed by atoms with Crippen LogP contribution in [-0.4, -0.2) is 14.7 Å². The minimum atomic E-state index is -0.365. The van der Waals surface area contributed by atoms with E-state index in [-0.39, 0.29) is 10.6 Å². The fraction of sp³-hybridized carbons (Fsp3) is 0.250. The molecule has 6 heteroatoms. The first-order chi connectivity index (χ1) is 8.59. The molecule has 2 aromatic rings. The molecular weight excluding hydrogens is 250 g/mol. The predicted octanol–water partition coefficient (Wildman–Crippen LogP) is 2.93. The van der Waals surface area contributed by atoms with Gasteiger partial charge >= 0.3 is 5.69 Å². The van der Waals surface area contributed by atoms with Gasteiger partial charge in [0, 0.05) is 12.8 Å². The van der Waals surface area contributed by atoms with E-state index >= 15 is 0 Å². The van der Waals surface area contributed by atoms with E-state index < -0.39 is 0 Å². The molecule has 0 spiro atoms. The summed E-state index contributed by atoms with van der Waals surface area (Å²) in [5, 5.41) is 15.7. The van der Waals surface area contributed by atoms with Crippen LogP contribution in [0.15, 0.2) is 35.4 Å². The Labute approximate surface area is 109 Å². The molecule has 94 valence electrons. The first-order valence-electron chi connectivity index (χ1n) is 5.44. The number of benzene rings is 1. The maximum absolute atomic E-state index is 11.0. The van der Waals surface area contributed by atoms with Crippen molar-refractivity contribution in [1.82, 2.24) is 9.78 Å². The molecule has 2 rings (SSSR count). The number of aromatic nitrogens is 2. The third-order valence-corrected chi connectivity index (χ3v) is 3.70. The molecule has 0 unspecified atom stereocenters. The zero-order chi connectivity index (χ0) is 13.1. The van der Waals surface area contributed by atoms with Gasteiger partial charge in [-0.3, -0.25) is 14.8 Å². The maximum Gasteiger partial charge on any atom is 0.323 e. The van der Waals surface area contributed by atoms with Gasteiger partial charge in [0.05, 0.1) is 4.92 Å². The van der Waals surface area contributed by atoms with Crippen LogP contribution < -0.4 is 0 Å². The molecule has 5 nitrogen and oxygen atoms in total. The Morgan fingerprint density at radius 2 is 2.06 bits per heavy atom. The van der Waals surface area contributed by atoms with Crippen LogP contribution in [0.3, 0.4) is 0 Å². The van der Waals surface area contributed by atoms with Crippen molar-refractivity contribution in [2.24, 2.45) is 7.05 Å². The van der Waals surface area contributed by atoms with Gasteiger partial charge in [-0.15, -0.1) is 0 Å². The molecule has 0 amide bonds. The second-order valence-electron chi connectivity index (χ2n) is 3.89. The first-order valence-corrected chi connectivity index (χ1v) is 6.43. The van der Waals surface area contributed by atoms with E-state index in [1.54, 1.807) is 18.7 Å². The molecule has 0 saturated heterocycles. The zero-order valence-electron chi connectivity index (χ0n) is 10.2. The third-order valence-electron chi connectivity index (χ3n) is 2.67. The van der Waals surface area contributed by atoms with Gasteiger partial charge < -0.3 is 0 Å². The van der Waals surface area contributed by atoms with E-state index in [4.69, 9.17) is 0 Å². The molecular formula is C12H13N3O2S. The Bertz CT molecular complexity index is 566. The van der Waals surface area contributed by atoms with Crippen LogP contribution >= 0.6 is 11.8 Å². The Kier molecular flexibility index (Phi) is 3.66. The molecule has 0 aliphatic heterocycles. The summed E-state index contributed by atoms with van der Waals surface area (Å²) in [6, 6.07) is 9.84. The van der Waals surface area contributed by atoms with E-state index in [1.807, 2.05) is 30.3 Å². The number of thioether (sulfide) groups is 1. The van der Waals surface area contributed by atoms with Crippen LogP contribution in [0.5, 0.6) is 0 Å². The van der Waals surface area contributed by atoms with Crippen molar-refractivity contribution in [3.63, 3.8) is 0 Å². The van der Waals surface area contributed by atoms with Gasteiger partial charge in [0.15, 0.2) is 5.03 Å². The second-order valence-corrected chi connectivity index (χ2v) is 4.86. The van der Waals surface area contributed by atoms with Gasteiger partial charge in [-0.2, -0.15) is 5.10 Å². The summed E-state index contributed by atoms with van der Waals surface area (Å²) >= 11 is 1.39. The number of hydrogen-bond acceptors (Lipinski definition) is 4. The van der Waals surface area contributed by atoms with Crippen molar-refractivity contribution < 1.29 is 4.92 Å². The Balaban J connectivity index is 2.20. The fourth-order valence-corrected chi connectivity index (χ4v) is 2.63. The average Bonchev–Trinajstić information content (AvgIpc) is 2.64. The third kappa shape index (κ3) is 2.53. The summed E-state index contributed by atoms with van der Waals surface area (Å²) in [6.07, 6.45) is 0. The number of nitrogens with zero attached hydrogens (tertiary/aromatic N) is 3. The van der Waals surface area contributed by atoms with Gasteiger partial charge in [-0.1, -0.05) is 42.1 Å². The molecule has 0 N–H and O–H groups in total. The van der Waals surface area contributed by atoms with Crippen molar-refractivity contribution in [1.29, 1.82) is 0 Å². The largest absolute Gasteiger partial charge is 0.323 e. The van der Waals surface area contributed by atoms with Crippen molar-refractivity contribution in [2.75, 3.05) is 0 Å². The van der Waals surface area contributed by atoms with Crippen LogP contribution in [0.1, 0.15) is 11.3 Å². The number of hydrogen-bond donors (Lipinski definition) is 0.